The lowest BCUT2D eigenvalue weighted by molar-refractivity contribution is -0.385. The monoisotopic (exact) mass is 328 g/mol. The summed E-state index contributed by atoms with van der Waals surface area (Å²) in [5, 5.41) is 11.1. The summed E-state index contributed by atoms with van der Waals surface area (Å²) in [6.45, 7) is 2.52. The van der Waals surface area contributed by atoms with Gasteiger partial charge < -0.3 is 9.64 Å². The molecule has 0 saturated carbocycles. The minimum Gasteiger partial charge on any atom is -0.490 e. The van der Waals surface area contributed by atoms with Crippen LogP contribution in [0.5, 0.6) is 5.75 Å². The summed E-state index contributed by atoms with van der Waals surface area (Å²) in [4.78, 5) is 24.6. The van der Waals surface area contributed by atoms with E-state index in [0.29, 0.717) is 6.54 Å². The Morgan fingerprint density at radius 3 is 2.33 bits per heavy atom. The Balaban J connectivity index is 2.17. The highest BCUT2D eigenvalue weighted by Crippen LogP contribution is 2.28. The fourth-order valence-corrected chi connectivity index (χ4v) is 2.41. The molecule has 0 bridgehead atoms. The number of aryl methyl sites for hydroxylation is 1. The lowest BCUT2D eigenvalue weighted by atomic mass is 10.1. The quantitative estimate of drug-likeness (QED) is 0.601. The highest BCUT2D eigenvalue weighted by Gasteiger charge is 2.20. The van der Waals surface area contributed by atoms with Gasteiger partial charge in [-0.2, -0.15) is 0 Å². The van der Waals surface area contributed by atoms with Gasteiger partial charge in [-0.05, 0) is 29.7 Å². The Morgan fingerprint density at radius 2 is 1.79 bits per heavy atom. The van der Waals surface area contributed by atoms with Crippen molar-refractivity contribution in [3.05, 3.63) is 69.3 Å². The molecule has 1 amide bonds. The number of methoxy groups -OCH3 is 1. The first-order valence-electron chi connectivity index (χ1n) is 7.62. The maximum absolute atomic E-state index is 12.5. The van der Waals surface area contributed by atoms with Gasteiger partial charge in [0.25, 0.3) is 5.91 Å². The molecule has 0 aromatic heterocycles. The van der Waals surface area contributed by atoms with Gasteiger partial charge in [-0.15, -0.1) is 0 Å². The molecule has 2 rings (SSSR count). The van der Waals surface area contributed by atoms with E-state index in [1.165, 1.54) is 35.8 Å². The number of ether oxygens (including phenoxy) is 1. The number of nitro groups is 1. The van der Waals surface area contributed by atoms with Crippen molar-refractivity contribution in [3.8, 4) is 5.75 Å². The molecule has 2 aromatic carbocycles. The number of carbonyl (C=O) groups excluding carboxylic acids is 1. The first-order valence-corrected chi connectivity index (χ1v) is 7.62. The molecule has 126 valence electrons. The van der Waals surface area contributed by atoms with Crippen molar-refractivity contribution in [2.24, 2.45) is 0 Å². The summed E-state index contributed by atoms with van der Waals surface area (Å²) in [6.07, 6.45) is 0.963. The Bertz CT molecular complexity index is 741. The average Bonchev–Trinajstić information content (AvgIpc) is 2.61. The largest absolute Gasteiger partial charge is 0.490 e. The third kappa shape index (κ3) is 3.90. The van der Waals surface area contributed by atoms with Crippen molar-refractivity contribution in [1.82, 2.24) is 4.90 Å². The number of hydrogen-bond donors (Lipinski definition) is 0. The van der Waals surface area contributed by atoms with E-state index in [0.717, 1.165) is 12.0 Å². The standard InChI is InChI=1S/C18H20N2O4/c1-4-13-5-7-14(8-6-13)12-19(2)18(21)15-9-10-17(24-3)16(11-15)20(22)23/h5-11H,4,12H2,1-3H3. The minimum atomic E-state index is -0.556. The third-order valence-electron chi connectivity index (χ3n) is 3.82. The summed E-state index contributed by atoms with van der Waals surface area (Å²) in [5.41, 5.74) is 2.28. The Hall–Kier alpha value is -2.89. The molecule has 2 aromatic rings. The van der Waals surface area contributed by atoms with Gasteiger partial charge in [0, 0.05) is 25.2 Å². The Morgan fingerprint density at radius 1 is 1.17 bits per heavy atom. The van der Waals surface area contributed by atoms with Gasteiger partial charge in [0.2, 0.25) is 0 Å². The molecule has 0 fully saturated rings. The summed E-state index contributed by atoms with van der Waals surface area (Å²) in [6, 6.07) is 12.3. The van der Waals surface area contributed by atoms with E-state index in [1.807, 2.05) is 24.3 Å². The van der Waals surface area contributed by atoms with Crippen LogP contribution in [-0.4, -0.2) is 29.9 Å². The summed E-state index contributed by atoms with van der Waals surface area (Å²) >= 11 is 0. The van der Waals surface area contributed by atoms with Gasteiger partial charge in [0.1, 0.15) is 0 Å². The van der Waals surface area contributed by atoms with Gasteiger partial charge in [-0.3, -0.25) is 14.9 Å². The van der Waals surface area contributed by atoms with Gasteiger partial charge in [-0.1, -0.05) is 31.2 Å². The molecule has 0 saturated heterocycles. The lowest BCUT2D eigenvalue weighted by Crippen LogP contribution is -2.26. The number of nitrogens with zero attached hydrogens (tertiary/aromatic N) is 2. The molecule has 0 aliphatic heterocycles. The summed E-state index contributed by atoms with van der Waals surface area (Å²) in [7, 11) is 3.03. The van der Waals surface area contributed by atoms with E-state index in [1.54, 1.807) is 7.05 Å². The van der Waals surface area contributed by atoms with Crippen LogP contribution >= 0.6 is 0 Å². The smallest absolute Gasteiger partial charge is 0.311 e. The Kier molecular flexibility index (Phi) is 5.52. The minimum absolute atomic E-state index is 0.134. The van der Waals surface area contributed by atoms with E-state index >= 15 is 0 Å². The van der Waals surface area contributed by atoms with Crippen LogP contribution < -0.4 is 4.74 Å². The van der Waals surface area contributed by atoms with Crippen LogP contribution in [0.3, 0.4) is 0 Å². The molecule has 24 heavy (non-hydrogen) atoms. The number of carbonyl (C=O) groups is 1. The molecule has 0 spiro atoms. The van der Waals surface area contributed by atoms with Gasteiger partial charge in [0.15, 0.2) is 5.75 Å². The first kappa shape index (κ1) is 17.5. The molecule has 0 heterocycles. The molecule has 0 atom stereocenters. The van der Waals surface area contributed by atoms with Crippen molar-refractivity contribution < 1.29 is 14.5 Å². The predicted molar refractivity (Wildman–Crippen MR) is 91.3 cm³/mol. The second-order valence-electron chi connectivity index (χ2n) is 5.48. The zero-order valence-corrected chi connectivity index (χ0v) is 14.0. The first-order chi connectivity index (χ1) is 11.5. The van der Waals surface area contributed by atoms with Crippen LogP contribution in [0.1, 0.15) is 28.4 Å². The fraction of sp³-hybridized carbons (Fsp3) is 0.278. The van der Waals surface area contributed by atoms with Crippen molar-refractivity contribution >= 4 is 11.6 Å². The van der Waals surface area contributed by atoms with E-state index < -0.39 is 4.92 Å². The maximum Gasteiger partial charge on any atom is 0.311 e. The van der Waals surface area contributed by atoms with Crippen molar-refractivity contribution in [1.29, 1.82) is 0 Å². The van der Waals surface area contributed by atoms with Gasteiger partial charge in [-0.25, -0.2) is 0 Å². The number of hydrogen-bond acceptors (Lipinski definition) is 4. The number of amides is 1. The van der Waals surface area contributed by atoms with Gasteiger partial charge in [0.05, 0.1) is 12.0 Å². The highest BCUT2D eigenvalue weighted by molar-refractivity contribution is 5.95. The predicted octanol–water partition coefficient (Wildman–Crippen LogP) is 3.44. The third-order valence-corrected chi connectivity index (χ3v) is 3.82. The Labute approximate surface area is 140 Å². The highest BCUT2D eigenvalue weighted by atomic mass is 16.6. The van der Waals surface area contributed by atoms with E-state index in [4.69, 9.17) is 4.74 Å². The van der Waals surface area contributed by atoms with Crippen LogP contribution in [0, 0.1) is 10.1 Å². The van der Waals surface area contributed by atoms with Crippen molar-refractivity contribution in [2.45, 2.75) is 19.9 Å². The molecule has 0 unspecified atom stereocenters. The summed E-state index contributed by atoms with van der Waals surface area (Å²) < 4.78 is 4.95. The molecule has 0 radical (unpaired) electrons. The van der Waals surface area contributed by atoms with E-state index in [9.17, 15) is 14.9 Å². The molecule has 6 heteroatoms. The number of rotatable bonds is 6. The molecular formula is C18H20N2O4. The molecule has 6 nitrogen and oxygen atoms in total. The van der Waals surface area contributed by atoms with Crippen molar-refractivity contribution in [2.75, 3.05) is 14.2 Å². The molecule has 0 aliphatic rings. The van der Waals surface area contributed by atoms with Crippen LogP contribution in [-0.2, 0) is 13.0 Å². The van der Waals surface area contributed by atoms with Gasteiger partial charge >= 0.3 is 5.69 Å². The number of nitro benzene ring substituents is 1. The molecular weight excluding hydrogens is 308 g/mol. The van der Waals surface area contributed by atoms with E-state index in [-0.39, 0.29) is 22.9 Å². The maximum atomic E-state index is 12.5. The lowest BCUT2D eigenvalue weighted by Gasteiger charge is -2.17. The van der Waals surface area contributed by atoms with Crippen LogP contribution in [0.4, 0.5) is 5.69 Å². The number of benzene rings is 2. The SMILES string of the molecule is CCc1ccc(CN(C)C(=O)c2ccc(OC)c([N+](=O)[O-])c2)cc1. The second-order valence-corrected chi connectivity index (χ2v) is 5.48. The topological polar surface area (TPSA) is 72.7 Å². The zero-order chi connectivity index (χ0) is 17.7. The zero-order valence-electron chi connectivity index (χ0n) is 14.0. The van der Waals surface area contributed by atoms with E-state index in [2.05, 4.69) is 6.92 Å². The van der Waals surface area contributed by atoms with Crippen LogP contribution in [0.25, 0.3) is 0 Å². The van der Waals surface area contributed by atoms with Crippen molar-refractivity contribution in [3.63, 3.8) is 0 Å². The second kappa shape index (κ2) is 7.59. The molecule has 0 aliphatic carbocycles. The summed E-state index contributed by atoms with van der Waals surface area (Å²) in [5.74, 6) is -0.144. The normalized spacial score (nSPS) is 10.3. The molecule has 0 N–H and O–H groups in total. The fourth-order valence-electron chi connectivity index (χ4n) is 2.41. The average molecular weight is 328 g/mol. The van der Waals surface area contributed by atoms with Crippen LogP contribution in [0.2, 0.25) is 0 Å². The van der Waals surface area contributed by atoms with Crippen LogP contribution in [0.15, 0.2) is 42.5 Å².